The van der Waals surface area contributed by atoms with E-state index in [1.807, 2.05) is 52.0 Å². The lowest BCUT2D eigenvalue weighted by atomic mass is 10.1. The quantitative estimate of drug-likeness (QED) is 0.876. The van der Waals surface area contributed by atoms with E-state index < -0.39 is 0 Å². The number of rotatable bonds is 2. The standard InChI is InChI=1S/C13H19BrN2O/c1-5-16(13(2,3)4)12(17)15-11-8-6-7-10(14)9-11/h6-9H,5H2,1-4H3,(H,15,17). The van der Waals surface area contributed by atoms with Gasteiger partial charge in [-0.05, 0) is 45.9 Å². The molecule has 0 saturated carbocycles. The van der Waals surface area contributed by atoms with Gasteiger partial charge in [0.25, 0.3) is 0 Å². The molecule has 0 saturated heterocycles. The van der Waals surface area contributed by atoms with E-state index >= 15 is 0 Å². The van der Waals surface area contributed by atoms with E-state index in [1.165, 1.54) is 0 Å². The Morgan fingerprint density at radius 1 is 1.41 bits per heavy atom. The molecule has 0 radical (unpaired) electrons. The molecule has 1 aromatic rings. The van der Waals surface area contributed by atoms with E-state index in [4.69, 9.17) is 0 Å². The predicted molar refractivity (Wildman–Crippen MR) is 75.3 cm³/mol. The van der Waals surface area contributed by atoms with Crippen LogP contribution in [0.25, 0.3) is 0 Å². The first kappa shape index (κ1) is 14.0. The van der Waals surface area contributed by atoms with Crippen LogP contribution >= 0.6 is 15.9 Å². The molecule has 1 N–H and O–H groups in total. The van der Waals surface area contributed by atoms with Crippen molar-refractivity contribution in [3.63, 3.8) is 0 Å². The third-order valence-electron chi connectivity index (χ3n) is 2.45. The van der Waals surface area contributed by atoms with Crippen molar-refractivity contribution in [2.75, 3.05) is 11.9 Å². The van der Waals surface area contributed by atoms with Crippen LogP contribution in [0.1, 0.15) is 27.7 Å². The number of halogens is 1. The highest BCUT2D eigenvalue weighted by molar-refractivity contribution is 9.10. The van der Waals surface area contributed by atoms with Crippen molar-refractivity contribution < 1.29 is 4.79 Å². The average molecular weight is 299 g/mol. The fourth-order valence-corrected chi connectivity index (χ4v) is 2.08. The Kier molecular flexibility index (Phi) is 4.57. The summed E-state index contributed by atoms with van der Waals surface area (Å²) in [5, 5.41) is 2.90. The van der Waals surface area contributed by atoms with Gasteiger partial charge in [-0.15, -0.1) is 0 Å². The molecule has 0 spiro atoms. The van der Waals surface area contributed by atoms with Crippen LogP contribution in [0.15, 0.2) is 28.7 Å². The van der Waals surface area contributed by atoms with Gasteiger partial charge < -0.3 is 10.2 Å². The van der Waals surface area contributed by atoms with Crippen molar-refractivity contribution in [2.24, 2.45) is 0 Å². The van der Waals surface area contributed by atoms with Gasteiger partial charge in [0, 0.05) is 22.2 Å². The van der Waals surface area contributed by atoms with Crippen molar-refractivity contribution >= 4 is 27.6 Å². The number of benzene rings is 1. The second-order valence-electron chi connectivity index (χ2n) is 4.86. The molecule has 17 heavy (non-hydrogen) atoms. The van der Waals surface area contributed by atoms with Crippen LogP contribution in [0.2, 0.25) is 0 Å². The Bertz CT molecular complexity index is 399. The smallest absolute Gasteiger partial charge is 0.320 e. The van der Waals surface area contributed by atoms with E-state index in [-0.39, 0.29) is 11.6 Å². The molecule has 0 fully saturated rings. The molecule has 1 rings (SSSR count). The zero-order valence-electron chi connectivity index (χ0n) is 10.7. The van der Waals surface area contributed by atoms with Crippen LogP contribution < -0.4 is 5.32 Å². The Balaban J connectivity index is 2.78. The summed E-state index contributed by atoms with van der Waals surface area (Å²) in [6, 6.07) is 7.51. The number of nitrogens with one attached hydrogen (secondary N) is 1. The van der Waals surface area contributed by atoms with Crippen LogP contribution in [0.3, 0.4) is 0 Å². The van der Waals surface area contributed by atoms with Crippen molar-refractivity contribution in [2.45, 2.75) is 33.2 Å². The molecule has 0 aliphatic rings. The largest absolute Gasteiger partial charge is 0.322 e. The predicted octanol–water partition coefficient (Wildman–Crippen LogP) is 4.10. The van der Waals surface area contributed by atoms with Crippen LogP contribution in [-0.2, 0) is 0 Å². The van der Waals surface area contributed by atoms with Gasteiger partial charge in [0.05, 0.1) is 0 Å². The van der Waals surface area contributed by atoms with Gasteiger partial charge in [-0.25, -0.2) is 4.79 Å². The number of amides is 2. The van der Waals surface area contributed by atoms with Gasteiger partial charge in [-0.2, -0.15) is 0 Å². The lowest BCUT2D eigenvalue weighted by Gasteiger charge is -2.34. The minimum atomic E-state index is -0.176. The number of hydrogen-bond donors (Lipinski definition) is 1. The van der Waals surface area contributed by atoms with E-state index in [2.05, 4.69) is 21.2 Å². The van der Waals surface area contributed by atoms with Gasteiger partial charge in [-0.1, -0.05) is 22.0 Å². The molecular weight excluding hydrogens is 280 g/mol. The molecule has 2 amide bonds. The van der Waals surface area contributed by atoms with Crippen molar-refractivity contribution in [3.8, 4) is 0 Å². The summed E-state index contributed by atoms with van der Waals surface area (Å²) in [4.78, 5) is 13.9. The molecular formula is C13H19BrN2O. The number of hydrogen-bond acceptors (Lipinski definition) is 1. The highest BCUT2D eigenvalue weighted by Crippen LogP contribution is 2.18. The highest BCUT2D eigenvalue weighted by atomic mass is 79.9. The average Bonchev–Trinajstić information content (AvgIpc) is 2.15. The minimum absolute atomic E-state index is 0.0712. The van der Waals surface area contributed by atoms with E-state index in [0.717, 1.165) is 10.2 Å². The van der Waals surface area contributed by atoms with Gasteiger partial charge in [0.15, 0.2) is 0 Å². The first-order valence-electron chi connectivity index (χ1n) is 5.69. The van der Waals surface area contributed by atoms with Crippen LogP contribution in [0, 0.1) is 0 Å². The monoisotopic (exact) mass is 298 g/mol. The molecule has 1 aromatic carbocycles. The molecule has 0 aromatic heterocycles. The van der Waals surface area contributed by atoms with Crippen molar-refractivity contribution in [1.82, 2.24) is 4.90 Å². The summed E-state index contributed by atoms with van der Waals surface area (Å²) in [6.07, 6.45) is 0. The minimum Gasteiger partial charge on any atom is -0.320 e. The topological polar surface area (TPSA) is 32.3 Å². The van der Waals surface area contributed by atoms with Gasteiger partial charge in [0.2, 0.25) is 0 Å². The lowest BCUT2D eigenvalue weighted by molar-refractivity contribution is 0.162. The molecule has 0 aliphatic heterocycles. The molecule has 94 valence electrons. The maximum atomic E-state index is 12.1. The normalized spacial score (nSPS) is 11.1. The molecule has 0 atom stereocenters. The van der Waals surface area contributed by atoms with Gasteiger partial charge >= 0.3 is 6.03 Å². The second-order valence-corrected chi connectivity index (χ2v) is 5.77. The van der Waals surface area contributed by atoms with E-state index in [9.17, 15) is 4.79 Å². The van der Waals surface area contributed by atoms with Crippen molar-refractivity contribution in [3.05, 3.63) is 28.7 Å². The molecule has 0 heterocycles. The Labute approximate surface area is 111 Å². The Hall–Kier alpha value is -1.03. The highest BCUT2D eigenvalue weighted by Gasteiger charge is 2.24. The Morgan fingerprint density at radius 3 is 2.53 bits per heavy atom. The molecule has 0 bridgehead atoms. The summed E-state index contributed by atoms with van der Waals surface area (Å²) in [7, 11) is 0. The number of urea groups is 1. The van der Waals surface area contributed by atoms with Crippen LogP contribution in [-0.4, -0.2) is 23.0 Å². The fraction of sp³-hybridized carbons (Fsp3) is 0.462. The van der Waals surface area contributed by atoms with Gasteiger partial charge in [0.1, 0.15) is 0 Å². The maximum absolute atomic E-state index is 12.1. The molecule has 4 heteroatoms. The summed E-state index contributed by atoms with van der Waals surface area (Å²) in [6.45, 7) is 8.74. The Morgan fingerprint density at radius 2 is 2.06 bits per heavy atom. The second kappa shape index (κ2) is 5.54. The zero-order chi connectivity index (χ0) is 13.1. The first-order chi connectivity index (χ1) is 7.84. The third kappa shape index (κ3) is 4.04. The summed E-state index contributed by atoms with van der Waals surface area (Å²) in [5.74, 6) is 0. The molecule has 0 unspecified atom stereocenters. The van der Waals surface area contributed by atoms with Crippen LogP contribution in [0.5, 0.6) is 0 Å². The zero-order valence-corrected chi connectivity index (χ0v) is 12.3. The van der Waals surface area contributed by atoms with Crippen LogP contribution in [0.4, 0.5) is 10.5 Å². The van der Waals surface area contributed by atoms with Gasteiger partial charge in [-0.3, -0.25) is 0 Å². The van der Waals surface area contributed by atoms with E-state index in [0.29, 0.717) is 6.54 Å². The summed E-state index contributed by atoms with van der Waals surface area (Å²) in [5.41, 5.74) is 0.622. The molecule has 3 nitrogen and oxygen atoms in total. The first-order valence-corrected chi connectivity index (χ1v) is 6.48. The number of carbonyl (C=O) groups is 1. The van der Waals surface area contributed by atoms with E-state index in [1.54, 1.807) is 4.90 Å². The maximum Gasteiger partial charge on any atom is 0.322 e. The number of nitrogens with zero attached hydrogens (tertiary/aromatic N) is 1. The molecule has 0 aliphatic carbocycles. The number of anilines is 1. The lowest BCUT2D eigenvalue weighted by Crippen LogP contribution is -2.47. The number of carbonyl (C=O) groups excluding carboxylic acids is 1. The third-order valence-corrected chi connectivity index (χ3v) is 2.94. The summed E-state index contributed by atoms with van der Waals surface area (Å²) >= 11 is 3.38. The fourth-order valence-electron chi connectivity index (χ4n) is 1.68. The van der Waals surface area contributed by atoms with Crippen molar-refractivity contribution in [1.29, 1.82) is 0 Å². The SMILES string of the molecule is CCN(C(=O)Nc1cccc(Br)c1)C(C)(C)C. The summed E-state index contributed by atoms with van der Waals surface area (Å²) < 4.78 is 0.953.